The van der Waals surface area contributed by atoms with Gasteiger partial charge in [-0.1, -0.05) is 11.6 Å². The van der Waals surface area contributed by atoms with E-state index in [9.17, 15) is 24.5 Å². The van der Waals surface area contributed by atoms with E-state index in [0.29, 0.717) is 0 Å². The second kappa shape index (κ2) is 7.04. The molecule has 1 aliphatic rings. The predicted octanol–water partition coefficient (Wildman–Crippen LogP) is 0.852. The van der Waals surface area contributed by atoms with Crippen molar-refractivity contribution in [1.82, 2.24) is 5.32 Å². The Kier molecular flexibility index (Phi) is 5.09. The molecule has 1 heterocycles. The number of hydrazone groups is 1. The van der Waals surface area contributed by atoms with Crippen molar-refractivity contribution in [1.29, 1.82) is 0 Å². The Morgan fingerprint density at radius 3 is 2.83 bits per heavy atom. The van der Waals surface area contributed by atoms with Gasteiger partial charge in [0.2, 0.25) is 5.78 Å². The van der Waals surface area contributed by atoms with Crippen molar-refractivity contribution in [2.24, 2.45) is 11.0 Å². The van der Waals surface area contributed by atoms with Crippen LogP contribution in [0.25, 0.3) is 0 Å². The summed E-state index contributed by atoms with van der Waals surface area (Å²) in [4.78, 5) is 45.2. The Bertz CT molecular complexity index is 763. The number of anilines is 1. The molecular formula is C13H11ClN4O6. The monoisotopic (exact) mass is 354 g/mol. The average Bonchev–Trinajstić information content (AvgIpc) is 2.80. The second-order valence-electron chi connectivity index (χ2n) is 4.53. The van der Waals surface area contributed by atoms with Crippen LogP contribution in [0.1, 0.15) is 6.92 Å². The summed E-state index contributed by atoms with van der Waals surface area (Å²) in [6, 6.07) is 3.72. The fourth-order valence-electron chi connectivity index (χ4n) is 1.92. The first-order valence-corrected chi connectivity index (χ1v) is 7.02. The number of ether oxygens (including phenoxy) is 1. The molecule has 0 aromatic heterocycles. The Morgan fingerprint density at radius 2 is 2.21 bits per heavy atom. The summed E-state index contributed by atoms with van der Waals surface area (Å²) in [5.41, 5.74) is 1.93. The number of Topliss-reactive ketones (excluding diaryl/α,β-unsaturated/α-hetero) is 1. The van der Waals surface area contributed by atoms with Gasteiger partial charge in [0.05, 0.1) is 11.5 Å². The molecule has 1 atom stereocenters. The smallest absolute Gasteiger partial charge is 0.324 e. The largest absolute Gasteiger partial charge is 0.465 e. The highest BCUT2D eigenvalue weighted by atomic mass is 35.5. The van der Waals surface area contributed by atoms with E-state index in [1.807, 2.05) is 0 Å². The Labute approximate surface area is 139 Å². The molecule has 10 nitrogen and oxygen atoms in total. The number of amides is 1. The molecule has 1 amide bonds. The van der Waals surface area contributed by atoms with Gasteiger partial charge >= 0.3 is 5.97 Å². The van der Waals surface area contributed by atoms with E-state index < -0.39 is 28.5 Å². The number of ketones is 1. The number of amidine groups is 1. The maximum absolute atomic E-state index is 11.8. The second-order valence-corrected chi connectivity index (χ2v) is 4.97. The molecule has 2 rings (SSSR count). The highest BCUT2D eigenvalue weighted by Gasteiger charge is 2.44. The number of nitro benzene ring substituents is 1. The van der Waals surface area contributed by atoms with Crippen molar-refractivity contribution in [3.63, 3.8) is 0 Å². The Balaban J connectivity index is 2.32. The molecule has 11 heteroatoms. The van der Waals surface area contributed by atoms with Crippen molar-refractivity contribution < 1.29 is 24.0 Å². The molecule has 0 aliphatic carbocycles. The molecule has 0 spiro atoms. The number of halogens is 1. The van der Waals surface area contributed by atoms with Gasteiger partial charge in [-0.15, -0.1) is 0 Å². The van der Waals surface area contributed by atoms with Gasteiger partial charge in [0.15, 0.2) is 11.8 Å². The fourth-order valence-corrected chi connectivity index (χ4v) is 2.09. The fraction of sp³-hybridized carbons (Fsp3) is 0.231. The van der Waals surface area contributed by atoms with Gasteiger partial charge in [-0.05, 0) is 19.1 Å². The van der Waals surface area contributed by atoms with Gasteiger partial charge in [0.25, 0.3) is 11.6 Å². The number of hydrogen-bond donors (Lipinski definition) is 2. The summed E-state index contributed by atoms with van der Waals surface area (Å²) in [7, 11) is 0. The van der Waals surface area contributed by atoms with Crippen molar-refractivity contribution in [2.75, 3.05) is 12.0 Å². The van der Waals surface area contributed by atoms with Gasteiger partial charge in [-0.2, -0.15) is 5.10 Å². The first-order chi connectivity index (χ1) is 11.3. The molecule has 1 fully saturated rings. The van der Waals surface area contributed by atoms with E-state index in [4.69, 9.17) is 16.3 Å². The van der Waals surface area contributed by atoms with Gasteiger partial charge in [-0.25, -0.2) is 0 Å². The van der Waals surface area contributed by atoms with Crippen LogP contribution in [0.5, 0.6) is 0 Å². The van der Waals surface area contributed by atoms with Crippen LogP contribution in [0.4, 0.5) is 11.4 Å². The van der Waals surface area contributed by atoms with Crippen LogP contribution in [0, 0.1) is 16.0 Å². The molecule has 0 saturated carbocycles. The number of carbonyl (C=O) groups is 3. The molecule has 126 valence electrons. The lowest BCUT2D eigenvalue weighted by Crippen LogP contribution is -2.30. The molecule has 0 radical (unpaired) electrons. The van der Waals surface area contributed by atoms with Crippen molar-refractivity contribution in [3.05, 3.63) is 33.3 Å². The van der Waals surface area contributed by atoms with Crippen LogP contribution < -0.4 is 10.7 Å². The van der Waals surface area contributed by atoms with E-state index in [-0.39, 0.29) is 28.8 Å². The molecule has 1 aromatic carbocycles. The number of rotatable bonds is 5. The Hall–Kier alpha value is -3.01. The lowest BCUT2D eigenvalue weighted by atomic mass is 10.1. The number of nitrogens with one attached hydrogen (secondary N) is 2. The molecule has 1 saturated heterocycles. The zero-order valence-electron chi connectivity index (χ0n) is 12.2. The third kappa shape index (κ3) is 3.49. The van der Waals surface area contributed by atoms with E-state index in [0.717, 1.165) is 6.07 Å². The van der Waals surface area contributed by atoms with Crippen LogP contribution in [-0.4, -0.2) is 35.0 Å². The average molecular weight is 355 g/mol. The topological polar surface area (TPSA) is 140 Å². The minimum atomic E-state index is -1.54. The standard InChI is InChI=1S/C13H11ClN4O6/c1-2-24-13(21)9-10(19)12(20)15-11(9)17-16-7-5-6(14)3-4-8(7)18(22)23/h3-5,9,16H,2H2,1H3,(H,15,17,20). The lowest BCUT2D eigenvalue weighted by molar-refractivity contribution is -0.384. The Morgan fingerprint density at radius 1 is 1.50 bits per heavy atom. The van der Waals surface area contributed by atoms with Crippen LogP contribution in [0.15, 0.2) is 23.3 Å². The summed E-state index contributed by atoms with van der Waals surface area (Å²) in [6.07, 6.45) is 0. The van der Waals surface area contributed by atoms with Gasteiger partial charge in [0, 0.05) is 11.1 Å². The molecule has 1 aromatic rings. The summed E-state index contributed by atoms with van der Waals surface area (Å²) in [5, 5.41) is 17.0. The van der Waals surface area contributed by atoms with E-state index in [1.54, 1.807) is 0 Å². The molecular weight excluding hydrogens is 344 g/mol. The number of carbonyl (C=O) groups excluding carboxylic acids is 3. The SMILES string of the molecule is CCOC(=O)C1C(=O)C(=O)N/C1=N\Nc1cc(Cl)ccc1[N+](=O)[O-]. The maximum atomic E-state index is 11.8. The van der Waals surface area contributed by atoms with Crippen molar-refractivity contribution in [3.8, 4) is 0 Å². The summed E-state index contributed by atoms with van der Waals surface area (Å²) >= 11 is 5.77. The summed E-state index contributed by atoms with van der Waals surface area (Å²) in [5.74, 6) is -4.83. The van der Waals surface area contributed by atoms with Gasteiger partial charge in [-0.3, -0.25) is 29.9 Å². The third-order valence-corrected chi connectivity index (χ3v) is 3.21. The van der Waals surface area contributed by atoms with Crippen LogP contribution in [0.2, 0.25) is 5.02 Å². The number of hydrogen-bond acceptors (Lipinski definition) is 8. The number of nitrogens with zero attached hydrogens (tertiary/aromatic N) is 2. The van der Waals surface area contributed by atoms with Crippen molar-refractivity contribution in [2.45, 2.75) is 6.92 Å². The van der Waals surface area contributed by atoms with Gasteiger partial charge < -0.3 is 10.1 Å². The third-order valence-electron chi connectivity index (χ3n) is 2.98. The van der Waals surface area contributed by atoms with Crippen LogP contribution in [-0.2, 0) is 19.1 Å². The first-order valence-electron chi connectivity index (χ1n) is 6.64. The summed E-state index contributed by atoms with van der Waals surface area (Å²) < 4.78 is 4.72. The number of nitro groups is 1. The first kappa shape index (κ1) is 17.3. The predicted molar refractivity (Wildman–Crippen MR) is 82.4 cm³/mol. The molecule has 1 unspecified atom stereocenters. The maximum Gasteiger partial charge on any atom is 0.324 e. The molecule has 1 aliphatic heterocycles. The summed E-state index contributed by atoms with van der Waals surface area (Å²) in [6.45, 7) is 1.55. The lowest BCUT2D eigenvalue weighted by Gasteiger charge is -2.08. The van der Waals surface area contributed by atoms with E-state index >= 15 is 0 Å². The number of benzene rings is 1. The zero-order chi connectivity index (χ0) is 17.9. The highest BCUT2D eigenvalue weighted by molar-refractivity contribution is 6.53. The molecule has 0 bridgehead atoms. The highest BCUT2D eigenvalue weighted by Crippen LogP contribution is 2.27. The van der Waals surface area contributed by atoms with Gasteiger partial charge in [0.1, 0.15) is 5.69 Å². The zero-order valence-corrected chi connectivity index (χ0v) is 13.0. The van der Waals surface area contributed by atoms with E-state index in [2.05, 4.69) is 15.8 Å². The molecule has 24 heavy (non-hydrogen) atoms. The van der Waals surface area contributed by atoms with Crippen LogP contribution in [0.3, 0.4) is 0 Å². The van der Waals surface area contributed by atoms with Crippen LogP contribution >= 0.6 is 11.6 Å². The normalized spacial score (nSPS) is 18.4. The van der Waals surface area contributed by atoms with Crippen molar-refractivity contribution >= 4 is 46.5 Å². The number of esters is 1. The quantitative estimate of drug-likeness (QED) is 0.262. The minimum Gasteiger partial charge on any atom is -0.465 e. The minimum absolute atomic E-state index is 0.0112. The molecule has 2 N–H and O–H groups in total. The van der Waals surface area contributed by atoms with E-state index in [1.165, 1.54) is 19.1 Å².